The fourth-order valence-electron chi connectivity index (χ4n) is 4.65. The number of piperidine rings is 1. The van der Waals surface area contributed by atoms with Crippen LogP contribution >= 0.6 is 0 Å². The summed E-state index contributed by atoms with van der Waals surface area (Å²) in [5.74, 6) is 0.394. The Balaban J connectivity index is 1.35. The van der Waals surface area contributed by atoms with Gasteiger partial charge in [0.15, 0.2) is 0 Å². The Morgan fingerprint density at radius 2 is 1.42 bits per heavy atom. The normalized spacial score (nSPS) is 16.4. The number of rotatable bonds is 6. The zero-order valence-corrected chi connectivity index (χ0v) is 21.8. The smallest absolute Gasteiger partial charge is 0.255 e. The van der Waals surface area contributed by atoms with Gasteiger partial charge in [-0.1, -0.05) is 58.0 Å². The minimum atomic E-state index is -0.183. The first-order chi connectivity index (χ1) is 17.2. The number of carbonyl (C=O) groups excluding carboxylic acids is 2. The van der Waals surface area contributed by atoms with Crippen molar-refractivity contribution in [2.24, 2.45) is 5.92 Å². The van der Waals surface area contributed by atoms with Crippen LogP contribution in [0, 0.1) is 5.92 Å². The third kappa shape index (κ3) is 6.82. The zero-order valence-electron chi connectivity index (χ0n) is 21.8. The lowest BCUT2D eigenvalue weighted by Gasteiger charge is -2.30. The molecule has 1 saturated heterocycles. The van der Waals surface area contributed by atoms with Gasteiger partial charge in [-0.15, -0.1) is 0 Å². The molecule has 0 saturated carbocycles. The highest BCUT2D eigenvalue weighted by Crippen LogP contribution is 2.23. The van der Waals surface area contributed by atoms with Crippen molar-refractivity contribution < 1.29 is 9.59 Å². The predicted molar refractivity (Wildman–Crippen MR) is 148 cm³/mol. The molecule has 1 fully saturated rings. The van der Waals surface area contributed by atoms with Crippen LogP contribution < -0.4 is 10.6 Å². The van der Waals surface area contributed by atoms with Crippen molar-refractivity contribution in [2.45, 2.75) is 52.5 Å². The second kappa shape index (κ2) is 11.1. The largest absolute Gasteiger partial charge is 0.322 e. The molecule has 0 bridgehead atoms. The van der Waals surface area contributed by atoms with E-state index in [9.17, 15) is 9.59 Å². The summed E-state index contributed by atoms with van der Waals surface area (Å²) in [4.78, 5) is 28.0. The summed E-state index contributed by atoms with van der Waals surface area (Å²) < 4.78 is 0. The Labute approximate surface area is 214 Å². The fraction of sp³-hybridized carbons (Fsp3) is 0.355. The second-order valence-corrected chi connectivity index (χ2v) is 11.0. The van der Waals surface area contributed by atoms with Gasteiger partial charge in [-0.3, -0.25) is 14.5 Å². The van der Waals surface area contributed by atoms with E-state index in [0.29, 0.717) is 22.5 Å². The number of hydrogen-bond acceptors (Lipinski definition) is 3. The lowest BCUT2D eigenvalue weighted by Crippen LogP contribution is -2.33. The van der Waals surface area contributed by atoms with Crippen LogP contribution in [0.25, 0.3) is 0 Å². The van der Waals surface area contributed by atoms with Crippen LogP contribution in [0.2, 0.25) is 0 Å². The van der Waals surface area contributed by atoms with Crippen molar-refractivity contribution >= 4 is 23.2 Å². The number of likely N-dealkylation sites (tertiary alicyclic amines) is 1. The summed E-state index contributed by atoms with van der Waals surface area (Å²) in [5, 5.41) is 5.87. The van der Waals surface area contributed by atoms with Crippen LogP contribution in [0.5, 0.6) is 0 Å². The van der Waals surface area contributed by atoms with E-state index in [0.717, 1.165) is 25.6 Å². The minimum Gasteiger partial charge on any atom is -0.322 e. The molecule has 2 amide bonds. The molecule has 1 aliphatic heterocycles. The number of nitrogens with zero attached hydrogens (tertiary/aromatic N) is 1. The molecule has 5 heteroatoms. The Morgan fingerprint density at radius 1 is 0.861 bits per heavy atom. The highest BCUT2D eigenvalue weighted by Gasteiger charge is 2.17. The van der Waals surface area contributed by atoms with Crippen molar-refractivity contribution in [1.82, 2.24) is 4.90 Å². The maximum absolute atomic E-state index is 12.8. The molecule has 3 aromatic carbocycles. The molecule has 1 aliphatic rings. The predicted octanol–water partition coefficient (Wildman–Crippen LogP) is 6.72. The topological polar surface area (TPSA) is 61.4 Å². The molecule has 0 unspecified atom stereocenters. The van der Waals surface area contributed by atoms with Crippen LogP contribution in [0.15, 0.2) is 72.8 Å². The summed E-state index contributed by atoms with van der Waals surface area (Å²) >= 11 is 0. The average molecular weight is 484 g/mol. The molecular weight excluding hydrogens is 446 g/mol. The monoisotopic (exact) mass is 483 g/mol. The van der Waals surface area contributed by atoms with Gasteiger partial charge in [0.1, 0.15) is 0 Å². The molecule has 188 valence electrons. The van der Waals surface area contributed by atoms with Crippen LogP contribution in [-0.4, -0.2) is 29.8 Å². The molecule has 3 aromatic rings. The van der Waals surface area contributed by atoms with Crippen LogP contribution in [-0.2, 0) is 12.0 Å². The lowest BCUT2D eigenvalue weighted by molar-refractivity contribution is 0.101. The second-order valence-electron chi connectivity index (χ2n) is 11.0. The molecule has 36 heavy (non-hydrogen) atoms. The quantitative estimate of drug-likeness (QED) is 0.409. The van der Waals surface area contributed by atoms with Crippen molar-refractivity contribution in [3.8, 4) is 0 Å². The van der Waals surface area contributed by atoms with E-state index in [1.807, 2.05) is 66.7 Å². The number of hydrogen-bond donors (Lipinski definition) is 2. The van der Waals surface area contributed by atoms with Gasteiger partial charge in [-0.25, -0.2) is 0 Å². The highest BCUT2D eigenvalue weighted by molar-refractivity contribution is 6.06. The molecule has 4 rings (SSSR count). The van der Waals surface area contributed by atoms with Crippen LogP contribution in [0.3, 0.4) is 0 Å². The van der Waals surface area contributed by atoms with Crippen LogP contribution in [0.1, 0.15) is 72.4 Å². The Bertz CT molecular complexity index is 1190. The van der Waals surface area contributed by atoms with E-state index in [1.54, 1.807) is 6.07 Å². The Morgan fingerprint density at radius 3 is 1.94 bits per heavy atom. The third-order valence-corrected chi connectivity index (χ3v) is 6.75. The van der Waals surface area contributed by atoms with Gasteiger partial charge in [0.2, 0.25) is 0 Å². The molecule has 5 nitrogen and oxygen atoms in total. The summed E-state index contributed by atoms with van der Waals surface area (Å²) in [5.41, 5.74) is 4.90. The molecule has 0 aromatic heterocycles. The van der Waals surface area contributed by atoms with E-state index >= 15 is 0 Å². The van der Waals surface area contributed by atoms with Gasteiger partial charge in [-0.05, 0) is 84.3 Å². The molecule has 0 radical (unpaired) electrons. The van der Waals surface area contributed by atoms with E-state index in [2.05, 4.69) is 43.2 Å². The van der Waals surface area contributed by atoms with E-state index in [4.69, 9.17) is 0 Å². The number of carbonyl (C=O) groups is 2. The summed E-state index contributed by atoms with van der Waals surface area (Å²) in [7, 11) is 0. The molecule has 1 atom stereocenters. The van der Waals surface area contributed by atoms with Gasteiger partial charge in [0.25, 0.3) is 11.8 Å². The number of benzene rings is 3. The molecule has 0 spiro atoms. The lowest BCUT2D eigenvalue weighted by atomic mass is 9.87. The van der Waals surface area contributed by atoms with Crippen molar-refractivity contribution in [3.63, 3.8) is 0 Å². The number of anilines is 2. The Kier molecular flexibility index (Phi) is 7.90. The average Bonchev–Trinajstić information content (AvgIpc) is 2.84. The number of nitrogens with one attached hydrogen (secondary N) is 2. The van der Waals surface area contributed by atoms with Crippen LogP contribution in [0.4, 0.5) is 11.4 Å². The van der Waals surface area contributed by atoms with Crippen molar-refractivity contribution in [2.75, 3.05) is 23.7 Å². The first-order valence-electron chi connectivity index (χ1n) is 12.8. The zero-order chi connectivity index (χ0) is 25.7. The molecule has 1 heterocycles. The highest BCUT2D eigenvalue weighted by atomic mass is 16.2. The van der Waals surface area contributed by atoms with Gasteiger partial charge < -0.3 is 10.6 Å². The molecule has 2 N–H and O–H groups in total. The SMILES string of the molecule is C[C@H]1CCCN(Cc2ccc(C(=O)Nc3cccc(NC(=O)c4ccc(C(C)(C)C)cc4)c3)cc2)C1. The molecular formula is C31H37N3O2. The van der Waals surface area contributed by atoms with Crippen molar-refractivity contribution in [3.05, 3.63) is 95.1 Å². The van der Waals surface area contributed by atoms with Crippen molar-refractivity contribution in [1.29, 1.82) is 0 Å². The maximum Gasteiger partial charge on any atom is 0.255 e. The third-order valence-electron chi connectivity index (χ3n) is 6.75. The standard InChI is InChI=1S/C31H37N3O2/c1-22-7-6-18-34(20-22)21-23-10-12-24(13-11-23)29(35)32-27-8-5-9-28(19-27)33-30(36)25-14-16-26(17-15-25)31(2,3)4/h5,8-17,19,22H,6-7,18,20-21H2,1-4H3,(H,32,35)(H,33,36)/t22-/m0/s1. The van der Waals surface area contributed by atoms with Gasteiger partial charge >= 0.3 is 0 Å². The molecule has 0 aliphatic carbocycles. The summed E-state index contributed by atoms with van der Waals surface area (Å²) in [6.45, 7) is 11.9. The van der Waals surface area contributed by atoms with E-state index < -0.39 is 0 Å². The van der Waals surface area contributed by atoms with E-state index in [-0.39, 0.29) is 17.2 Å². The van der Waals surface area contributed by atoms with Gasteiger partial charge in [-0.2, -0.15) is 0 Å². The first-order valence-corrected chi connectivity index (χ1v) is 12.8. The number of amides is 2. The fourth-order valence-corrected chi connectivity index (χ4v) is 4.65. The maximum atomic E-state index is 12.8. The Hall–Kier alpha value is -3.44. The van der Waals surface area contributed by atoms with Gasteiger partial charge in [0.05, 0.1) is 0 Å². The summed E-state index contributed by atoms with van der Waals surface area (Å²) in [6, 6.07) is 22.7. The summed E-state index contributed by atoms with van der Waals surface area (Å²) in [6.07, 6.45) is 2.57. The van der Waals surface area contributed by atoms with E-state index in [1.165, 1.54) is 24.0 Å². The first kappa shape index (κ1) is 25.6. The minimum absolute atomic E-state index is 0.0356. The van der Waals surface area contributed by atoms with Gasteiger partial charge in [0, 0.05) is 35.6 Å².